The van der Waals surface area contributed by atoms with Gasteiger partial charge in [-0.25, -0.2) is 14.8 Å². The van der Waals surface area contributed by atoms with E-state index in [1.54, 1.807) is 35.6 Å². The third-order valence-corrected chi connectivity index (χ3v) is 5.95. The number of amides is 1. The number of hydrogen-bond acceptors (Lipinski definition) is 7. The number of thiazole rings is 2. The number of fused-ring (bicyclic) bond motifs is 3. The second kappa shape index (κ2) is 6.47. The van der Waals surface area contributed by atoms with Crippen LogP contribution in [0.5, 0.6) is 0 Å². The number of carbonyl (C=O) groups is 2. The molecule has 4 rings (SSSR count). The minimum Gasteiger partial charge on any atom is -0.465 e. The molecule has 8 heteroatoms. The molecule has 130 valence electrons. The average molecular weight is 383 g/mol. The first-order valence-electron chi connectivity index (χ1n) is 7.71. The van der Waals surface area contributed by atoms with Gasteiger partial charge >= 0.3 is 5.97 Å². The van der Waals surface area contributed by atoms with Crippen LogP contribution in [-0.4, -0.2) is 29.0 Å². The fourth-order valence-corrected chi connectivity index (χ4v) is 4.58. The Morgan fingerprint density at radius 3 is 2.23 bits per heavy atom. The Hall–Kier alpha value is -2.84. The van der Waals surface area contributed by atoms with Crippen LogP contribution in [0.2, 0.25) is 0 Å². The zero-order chi connectivity index (χ0) is 18.3. The Bertz CT molecular complexity index is 1150. The van der Waals surface area contributed by atoms with Gasteiger partial charge in [0.15, 0.2) is 5.13 Å². The van der Waals surface area contributed by atoms with Gasteiger partial charge in [-0.05, 0) is 43.3 Å². The Morgan fingerprint density at radius 1 is 0.923 bits per heavy atom. The molecule has 6 nitrogen and oxygen atoms in total. The summed E-state index contributed by atoms with van der Waals surface area (Å²) in [5.74, 6) is -0.718. The molecule has 0 bridgehead atoms. The Kier molecular flexibility index (Phi) is 4.14. The number of rotatable bonds is 3. The van der Waals surface area contributed by atoms with E-state index in [9.17, 15) is 9.59 Å². The van der Waals surface area contributed by atoms with Crippen LogP contribution >= 0.6 is 22.7 Å². The Labute approximate surface area is 156 Å². The summed E-state index contributed by atoms with van der Waals surface area (Å²) in [5, 5.41) is 4.34. The first kappa shape index (κ1) is 16.6. The second-order valence-electron chi connectivity index (χ2n) is 5.54. The van der Waals surface area contributed by atoms with Crippen LogP contribution in [0.3, 0.4) is 0 Å². The predicted octanol–water partition coefficient (Wildman–Crippen LogP) is 4.25. The van der Waals surface area contributed by atoms with Crippen LogP contribution in [0.4, 0.5) is 5.13 Å². The van der Waals surface area contributed by atoms with E-state index in [1.807, 2.05) is 19.1 Å². The third-order valence-electron chi connectivity index (χ3n) is 3.81. The molecule has 26 heavy (non-hydrogen) atoms. The predicted molar refractivity (Wildman–Crippen MR) is 103 cm³/mol. The van der Waals surface area contributed by atoms with Crippen molar-refractivity contribution in [2.75, 3.05) is 12.4 Å². The lowest BCUT2D eigenvalue weighted by molar-refractivity contribution is 0.0600. The van der Waals surface area contributed by atoms with Crippen molar-refractivity contribution < 1.29 is 14.3 Å². The summed E-state index contributed by atoms with van der Waals surface area (Å²) in [6, 6.07) is 10.1. The number of aromatic nitrogens is 2. The summed E-state index contributed by atoms with van der Waals surface area (Å²) in [6.07, 6.45) is 0. The molecule has 0 aliphatic rings. The molecule has 0 aliphatic carbocycles. The Balaban J connectivity index is 1.61. The molecule has 0 saturated carbocycles. The molecule has 0 atom stereocenters. The minimum atomic E-state index is -0.438. The first-order valence-corrected chi connectivity index (χ1v) is 9.35. The fraction of sp³-hybridized carbons (Fsp3) is 0.111. The lowest BCUT2D eigenvalue weighted by Crippen LogP contribution is -2.12. The SMILES string of the molecule is COC(=O)c1ccc(C(=O)Nc2nc3ccc4nc(C)sc4c3s2)cc1. The van der Waals surface area contributed by atoms with Gasteiger partial charge in [0.25, 0.3) is 5.91 Å². The van der Waals surface area contributed by atoms with E-state index in [-0.39, 0.29) is 5.91 Å². The van der Waals surface area contributed by atoms with Gasteiger partial charge < -0.3 is 4.74 Å². The molecule has 0 aliphatic heterocycles. The molecule has 0 spiro atoms. The van der Waals surface area contributed by atoms with Crippen molar-refractivity contribution in [2.45, 2.75) is 6.92 Å². The van der Waals surface area contributed by atoms with Gasteiger partial charge in [-0.1, -0.05) is 11.3 Å². The van der Waals surface area contributed by atoms with Gasteiger partial charge in [0, 0.05) is 5.56 Å². The number of hydrogen-bond donors (Lipinski definition) is 1. The third kappa shape index (κ3) is 2.93. The first-order chi connectivity index (χ1) is 12.5. The molecule has 4 aromatic rings. The highest BCUT2D eigenvalue weighted by atomic mass is 32.1. The number of ether oxygens (including phenoxy) is 1. The van der Waals surface area contributed by atoms with Gasteiger partial charge in [-0.3, -0.25) is 10.1 Å². The van der Waals surface area contributed by atoms with Crippen molar-refractivity contribution in [1.29, 1.82) is 0 Å². The molecule has 2 aromatic heterocycles. The van der Waals surface area contributed by atoms with Gasteiger partial charge in [-0.15, -0.1) is 11.3 Å². The summed E-state index contributed by atoms with van der Waals surface area (Å²) < 4.78 is 6.75. The normalized spacial score (nSPS) is 11.0. The average Bonchev–Trinajstić information content (AvgIpc) is 3.22. The number of benzene rings is 2. The van der Waals surface area contributed by atoms with Crippen LogP contribution < -0.4 is 5.32 Å². The molecule has 1 amide bonds. The number of nitrogens with one attached hydrogen (secondary N) is 1. The molecule has 0 radical (unpaired) electrons. The quantitative estimate of drug-likeness (QED) is 0.535. The van der Waals surface area contributed by atoms with Crippen molar-refractivity contribution in [2.24, 2.45) is 0 Å². The maximum Gasteiger partial charge on any atom is 0.337 e. The minimum absolute atomic E-state index is 0.280. The number of esters is 1. The van der Waals surface area contributed by atoms with Gasteiger partial charge in [0.2, 0.25) is 0 Å². The van der Waals surface area contributed by atoms with E-state index >= 15 is 0 Å². The number of carbonyl (C=O) groups excluding carboxylic acids is 2. The van der Waals surface area contributed by atoms with E-state index in [0.717, 1.165) is 25.4 Å². The highest BCUT2D eigenvalue weighted by Crippen LogP contribution is 2.35. The maximum atomic E-state index is 12.4. The van der Waals surface area contributed by atoms with Gasteiger partial charge in [-0.2, -0.15) is 0 Å². The van der Waals surface area contributed by atoms with E-state index < -0.39 is 5.97 Å². The zero-order valence-electron chi connectivity index (χ0n) is 13.9. The zero-order valence-corrected chi connectivity index (χ0v) is 15.5. The molecule has 1 N–H and O–H groups in total. The molecular weight excluding hydrogens is 370 g/mol. The number of anilines is 1. The van der Waals surface area contributed by atoms with Crippen LogP contribution in [0.15, 0.2) is 36.4 Å². The summed E-state index contributed by atoms with van der Waals surface area (Å²) in [7, 11) is 1.32. The highest BCUT2D eigenvalue weighted by molar-refractivity contribution is 7.28. The smallest absolute Gasteiger partial charge is 0.337 e. The number of aryl methyl sites for hydroxylation is 1. The second-order valence-corrected chi connectivity index (χ2v) is 7.74. The molecule has 0 saturated heterocycles. The van der Waals surface area contributed by atoms with E-state index in [4.69, 9.17) is 0 Å². The van der Waals surface area contributed by atoms with Gasteiger partial charge in [0.05, 0.1) is 38.1 Å². The summed E-state index contributed by atoms with van der Waals surface area (Å²) >= 11 is 3.05. The van der Waals surface area contributed by atoms with E-state index in [2.05, 4.69) is 20.0 Å². The summed E-state index contributed by atoms with van der Waals surface area (Å²) in [4.78, 5) is 32.9. The standard InChI is InChI=1S/C18H13N3O3S2/c1-9-19-12-7-8-13-15(14(12)25-9)26-18(20-13)21-16(22)10-3-5-11(6-4-10)17(23)24-2/h3-8H,1-2H3,(H,20,21,22). The van der Waals surface area contributed by atoms with Crippen molar-refractivity contribution in [3.05, 3.63) is 52.5 Å². The van der Waals surface area contributed by atoms with E-state index in [0.29, 0.717) is 16.3 Å². The largest absolute Gasteiger partial charge is 0.465 e. The molecule has 2 heterocycles. The molecular formula is C18H13N3O3S2. The molecule has 2 aromatic carbocycles. The van der Waals surface area contributed by atoms with Crippen molar-refractivity contribution in [3.8, 4) is 0 Å². The van der Waals surface area contributed by atoms with Crippen molar-refractivity contribution >= 4 is 60.1 Å². The lowest BCUT2D eigenvalue weighted by atomic mass is 10.1. The lowest BCUT2D eigenvalue weighted by Gasteiger charge is -2.03. The van der Waals surface area contributed by atoms with Crippen LogP contribution in [0.1, 0.15) is 25.7 Å². The van der Waals surface area contributed by atoms with Crippen molar-refractivity contribution in [3.63, 3.8) is 0 Å². The van der Waals surface area contributed by atoms with Gasteiger partial charge in [0.1, 0.15) is 0 Å². The monoisotopic (exact) mass is 383 g/mol. The van der Waals surface area contributed by atoms with Crippen LogP contribution in [0.25, 0.3) is 20.4 Å². The van der Waals surface area contributed by atoms with Crippen LogP contribution in [0, 0.1) is 6.92 Å². The number of methoxy groups -OCH3 is 1. The topological polar surface area (TPSA) is 81.2 Å². The van der Waals surface area contributed by atoms with E-state index in [1.165, 1.54) is 18.4 Å². The summed E-state index contributed by atoms with van der Waals surface area (Å²) in [5.41, 5.74) is 2.62. The highest BCUT2D eigenvalue weighted by Gasteiger charge is 2.14. The number of nitrogens with zero attached hydrogens (tertiary/aromatic N) is 2. The molecule has 0 fully saturated rings. The maximum absolute atomic E-state index is 12.4. The fourth-order valence-electron chi connectivity index (χ4n) is 2.58. The summed E-state index contributed by atoms with van der Waals surface area (Å²) in [6.45, 7) is 1.97. The Morgan fingerprint density at radius 2 is 1.54 bits per heavy atom. The molecule has 0 unspecified atom stereocenters. The van der Waals surface area contributed by atoms with Crippen molar-refractivity contribution in [1.82, 2.24) is 9.97 Å². The van der Waals surface area contributed by atoms with Crippen LogP contribution in [-0.2, 0) is 4.74 Å².